The quantitative estimate of drug-likeness (QED) is 0.639. The van der Waals surface area contributed by atoms with Gasteiger partial charge in [-0.15, -0.1) is 0 Å². The Labute approximate surface area is 170 Å². The molecule has 2 aromatic heterocycles. The molecule has 1 aliphatic heterocycles. The third-order valence-electron chi connectivity index (χ3n) is 4.54. The second-order valence-corrected chi connectivity index (χ2v) is 7.64. The van der Waals surface area contributed by atoms with E-state index in [2.05, 4.69) is 19.9 Å². The van der Waals surface area contributed by atoms with E-state index in [1.165, 1.54) is 6.20 Å². The number of rotatable bonds is 3. The summed E-state index contributed by atoms with van der Waals surface area (Å²) in [6, 6.07) is 9.05. The standard InChI is InChI=1S/C19H15Cl3N4O/c20-13-3-1-11(2-4-13)18-24-16-5-6-26(10-15(16)19(27)25-18)9-12-7-14(21)8-23-17(12)22/h1-4,7-8H,5-6,9-10H2,(H,24,25,27). The van der Waals surface area contributed by atoms with Gasteiger partial charge in [0.1, 0.15) is 11.0 Å². The molecule has 0 saturated carbocycles. The summed E-state index contributed by atoms with van der Waals surface area (Å²) in [7, 11) is 0. The average molecular weight is 422 g/mol. The number of halogens is 3. The van der Waals surface area contributed by atoms with Gasteiger partial charge in [0.15, 0.2) is 0 Å². The zero-order chi connectivity index (χ0) is 19.0. The van der Waals surface area contributed by atoms with Gasteiger partial charge in [0.2, 0.25) is 0 Å². The van der Waals surface area contributed by atoms with Crippen LogP contribution in [-0.4, -0.2) is 26.4 Å². The Kier molecular flexibility index (Phi) is 5.19. The van der Waals surface area contributed by atoms with E-state index in [1.54, 1.807) is 18.2 Å². The fraction of sp³-hybridized carbons (Fsp3) is 0.211. The lowest BCUT2D eigenvalue weighted by Crippen LogP contribution is -2.35. The van der Waals surface area contributed by atoms with Crippen LogP contribution in [0.2, 0.25) is 15.2 Å². The van der Waals surface area contributed by atoms with Gasteiger partial charge in [-0.05, 0) is 30.3 Å². The maximum Gasteiger partial charge on any atom is 0.255 e. The summed E-state index contributed by atoms with van der Waals surface area (Å²) in [4.78, 5) is 26.4. The summed E-state index contributed by atoms with van der Waals surface area (Å²) >= 11 is 18.1. The topological polar surface area (TPSA) is 61.9 Å². The van der Waals surface area contributed by atoms with Crippen LogP contribution in [0.25, 0.3) is 11.4 Å². The highest BCUT2D eigenvalue weighted by Gasteiger charge is 2.22. The summed E-state index contributed by atoms with van der Waals surface area (Å²) in [6.07, 6.45) is 2.21. The molecule has 0 bridgehead atoms. The van der Waals surface area contributed by atoms with E-state index >= 15 is 0 Å². The molecule has 5 nitrogen and oxygen atoms in total. The van der Waals surface area contributed by atoms with Gasteiger partial charge in [-0.1, -0.05) is 34.8 Å². The van der Waals surface area contributed by atoms with Crippen LogP contribution >= 0.6 is 34.8 Å². The number of aromatic amines is 1. The van der Waals surface area contributed by atoms with Gasteiger partial charge in [0.25, 0.3) is 5.56 Å². The van der Waals surface area contributed by atoms with Crippen molar-refractivity contribution >= 4 is 34.8 Å². The minimum atomic E-state index is -0.120. The molecule has 0 atom stereocenters. The smallest absolute Gasteiger partial charge is 0.255 e. The van der Waals surface area contributed by atoms with Gasteiger partial charge in [-0.3, -0.25) is 9.69 Å². The molecule has 3 heterocycles. The first-order valence-electron chi connectivity index (χ1n) is 8.40. The molecular formula is C19H15Cl3N4O. The van der Waals surface area contributed by atoms with Gasteiger partial charge >= 0.3 is 0 Å². The largest absolute Gasteiger partial charge is 0.306 e. The number of H-pyrrole nitrogens is 1. The molecule has 3 aromatic rings. The van der Waals surface area contributed by atoms with Crippen molar-refractivity contribution in [3.8, 4) is 11.4 Å². The number of fused-ring (bicyclic) bond motifs is 1. The lowest BCUT2D eigenvalue weighted by atomic mass is 10.1. The molecule has 0 unspecified atom stereocenters. The Morgan fingerprint density at radius 1 is 1.11 bits per heavy atom. The molecule has 0 amide bonds. The SMILES string of the molecule is O=c1[nH]c(-c2ccc(Cl)cc2)nc2c1CN(Cc1cc(Cl)cnc1Cl)CC2. The van der Waals surface area contributed by atoms with E-state index in [4.69, 9.17) is 34.8 Å². The number of benzene rings is 1. The van der Waals surface area contributed by atoms with Crippen molar-refractivity contribution in [1.82, 2.24) is 19.9 Å². The fourth-order valence-corrected chi connectivity index (χ4v) is 3.65. The van der Waals surface area contributed by atoms with Gasteiger partial charge in [-0.2, -0.15) is 0 Å². The average Bonchev–Trinajstić information content (AvgIpc) is 2.65. The summed E-state index contributed by atoms with van der Waals surface area (Å²) in [6.45, 7) is 1.85. The third kappa shape index (κ3) is 4.01. The Balaban J connectivity index is 1.59. The predicted molar refractivity (Wildman–Crippen MR) is 107 cm³/mol. The van der Waals surface area contributed by atoms with Crippen molar-refractivity contribution in [2.45, 2.75) is 19.5 Å². The van der Waals surface area contributed by atoms with E-state index in [-0.39, 0.29) is 5.56 Å². The number of hydrogen-bond acceptors (Lipinski definition) is 4. The van der Waals surface area contributed by atoms with Crippen LogP contribution in [-0.2, 0) is 19.5 Å². The molecule has 0 fully saturated rings. The Bertz CT molecular complexity index is 1050. The lowest BCUT2D eigenvalue weighted by Gasteiger charge is -2.28. The lowest BCUT2D eigenvalue weighted by molar-refractivity contribution is 0.241. The Morgan fingerprint density at radius 2 is 1.89 bits per heavy atom. The van der Waals surface area contributed by atoms with E-state index in [0.29, 0.717) is 46.1 Å². The van der Waals surface area contributed by atoms with Crippen LogP contribution in [0.1, 0.15) is 16.8 Å². The zero-order valence-corrected chi connectivity index (χ0v) is 16.4. The maximum atomic E-state index is 12.6. The second-order valence-electron chi connectivity index (χ2n) is 6.41. The molecular weight excluding hydrogens is 407 g/mol. The highest BCUT2D eigenvalue weighted by molar-refractivity contribution is 6.32. The molecule has 138 valence electrons. The summed E-state index contributed by atoms with van der Waals surface area (Å²) in [5, 5.41) is 1.61. The van der Waals surface area contributed by atoms with Gasteiger partial charge < -0.3 is 4.98 Å². The molecule has 1 aromatic carbocycles. The van der Waals surface area contributed by atoms with Crippen LogP contribution in [0, 0.1) is 0 Å². The van der Waals surface area contributed by atoms with Crippen LogP contribution < -0.4 is 5.56 Å². The van der Waals surface area contributed by atoms with Gasteiger partial charge in [0.05, 0.1) is 16.3 Å². The number of pyridine rings is 1. The number of aromatic nitrogens is 3. The van der Waals surface area contributed by atoms with E-state index in [9.17, 15) is 4.79 Å². The zero-order valence-electron chi connectivity index (χ0n) is 14.2. The minimum Gasteiger partial charge on any atom is -0.306 e. The first kappa shape index (κ1) is 18.4. The highest BCUT2D eigenvalue weighted by Crippen LogP contribution is 2.24. The van der Waals surface area contributed by atoms with Crippen molar-refractivity contribution in [3.05, 3.63) is 78.9 Å². The minimum absolute atomic E-state index is 0.120. The van der Waals surface area contributed by atoms with Crippen molar-refractivity contribution in [2.24, 2.45) is 0 Å². The van der Waals surface area contributed by atoms with Gasteiger partial charge in [-0.25, -0.2) is 9.97 Å². The number of nitrogens with one attached hydrogen (secondary N) is 1. The summed E-state index contributed by atoms with van der Waals surface area (Å²) < 4.78 is 0. The van der Waals surface area contributed by atoms with Gasteiger partial charge in [0, 0.05) is 48.4 Å². The Morgan fingerprint density at radius 3 is 2.67 bits per heavy atom. The molecule has 4 rings (SSSR count). The van der Waals surface area contributed by atoms with Crippen molar-refractivity contribution in [3.63, 3.8) is 0 Å². The normalized spacial score (nSPS) is 14.2. The monoisotopic (exact) mass is 420 g/mol. The molecule has 27 heavy (non-hydrogen) atoms. The molecule has 0 aliphatic carbocycles. The first-order chi connectivity index (χ1) is 13.0. The third-order valence-corrected chi connectivity index (χ3v) is 5.34. The molecule has 8 heteroatoms. The van der Waals surface area contributed by atoms with E-state index in [0.717, 1.165) is 23.4 Å². The molecule has 0 spiro atoms. The first-order valence-corrected chi connectivity index (χ1v) is 9.53. The van der Waals surface area contributed by atoms with Crippen molar-refractivity contribution < 1.29 is 0 Å². The summed E-state index contributed by atoms with van der Waals surface area (Å²) in [5.41, 5.74) is 3.07. The van der Waals surface area contributed by atoms with Crippen molar-refractivity contribution in [1.29, 1.82) is 0 Å². The van der Waals surface area contributed by atoms with Crippen LogP contribution in [0.4, 0.5) is 0 Å². The van der Waals surface area contributed by atoms with Crippen LogP contribution in [0.5, 0.6) is 0 Å². The molecule has 1 aliphatic rings. The van der Waals surface area contributed by atoms with Crippen LogP contribution in [0.3, 0.4) is 0 Å². The van der Waals surface area contributed by atoms with Crippen molar-refractivity contribution in [2.75, 3.05) is 6.54 Å². The maximum absolute atomic E-state index is 12.6. The molecule has 1 N–H and O–H groups in total. The fourth-order valence-electron chi connectivity index (χ4n) is 3.18. The summed E-state index contributed by atoms with van der Waals surface area (Å²) in [5.74, 6) is 0.561. The molecule has 0 saturated heterocycles. The predicted octanol–water partition coefficient (Wildman–Crippen LogP) is 4.35. The number of hydrogen-bond donors (Lipinski definition) is 1. The van der Waals surface area contributed by atoms with E-state index in [1.807, 2.05) is 12.1 Å². The van der Waals surface area contributed by atoms with E-state index < -0.39 is 0 Å². The van der Waals surface area contributed by atoms with Crippen LogP contribution in [0.15, 0.2) is 41.3 Å². The second kappa shape index (κ2) is 7.60. The number of nitrogens with zero attached hydrogens (tertiary/aromatic N) is 3. The highest BCUT2D eigenvalue weighted by atomic mass is 35.5. The Hall–Kier alpha value is -1.92. The molecule has 0 radical (unpaired) electrons.